The summed E-state index contributed by atoms with van der Waals surface area (Å²) < 4.78 is 26.4. The maximum Gasteiger partial charge on any atom is 0.252 e. The molecule has 1 aliphatic rings. The zero-order valence-electron chi connectivity index (χ0n) is 13.0. The Morgan fingerprint density at radius 2 is 2.17 bits per heavy atom. The number of halogens is 2. The van der Waals surface area contributed by atoms with Gasteiger partial charge in [0.25, 0.3) is 5.91 Å². The molecule has 1 atom stereocenters. The highest BCUT2D eigenvalue weighted by atomic mass is 19.2. The van der Waals surface area contributed by atoms with Crippen molar-refractivity contribution >= 4 is 17.3 Å². The molecular weight excluding hydrogens is 314 g/mol. The number of amides is 1. The van der Waals surface area contributed by atoms with Crippen LogP contribution < -0.4 is 16.0 Å². The van der Waals surface area contributed by atoms with E-state index in [0.29, 0.717) is 29.4 Å². The fourth-order valence-corrected chi connectivity index (χ4v) is 2.91. The highest BCUT2D eigenvalue weighted by molar-refractivity contribution is 5.98. The predicted molar refractivity (Wildman–Crippen MR) is 87.9 cm³/mol. The standard InChI is InChI=1S/C17H18F2N4O/c18-14-2-1-12(7-15(14)19)23-6-4-11(10-23)8-22-16-3-5-21-9-13(16)17(20)24/h1-3,5,7,9,11H,4,6,8,10H2,(H2,20,24)(H,21,22). The van der Waals surface area contributed by atoms with E-state index in [2.05, 4.69) is 10.3 Å². The molecule has 3 rings (SSSR count). The van der Waals surface area contributed by atoms with Gasteiger partial charge in [-0.15, -0.1) is 0 Å². The van der Waals surface area contributed by atoms with Crippen molar-refractivity contribution in [3.05, 3.63) is 53.9 Å². The Labute approximate surface area is 138 Å². The molecule has 0 radical (unpaired) electrons. The van der Waals surface area contributed by atoms with E-state index >= 15 is 0 Å². The molecular formula is C17H18F2N4O. The molecule has 1 saturated heterocycles. The minimum atomic E-state index is -0.840. The molecule has 1 unspecified atom stereocenters. The van der Waals surface area contributed by atoms with Crippen LogP contribution in [0.4, 0.5) is 20.2 Å². The van der Waals surface area contributed by atoms with Crippen LogP contribution in [0.15, 0.2) is 36.7 Å². The number of pyridine rings is 1. The van der Waals surface area contributed by atoms with Gasteiger partial charge in [0.1, 0.15) is 0 Å². The van der Waals surface area contributed by atoms with Crippen LogP contribution in [0.2, 0.25) is 0 Å². The van der Waals surface area contributed by atoms with Gasteiger partial charge in [0.05, 0.1) is 11.3 Å². The molecule has 0 bridgehead atoms. The maximum absolute atomic E-state index is 13.4. The number of benzene rings is 1. The van der Waals surface area contributed by atoms with Crippen LogP contribution >= 0.6 is 0 Å². The van der Waals surface area contributed by atoms with E-state index in [1.165, 1.54) is 12.3 Å². The summed E-state index contributed by atoms with van der Waals surface area (Å²) in [5.74, 6) is -1.88. The lowest BCUT2D eigenvalue weighted by Crippen LogP contribution is -2.23. The van der Waals surface area contributed by atoms with E-state index < -0.39 is 17.5 Å². The van der Waals surface area contributed by atoms with Crippen molar-refractivity contribution in [2.45, 2.75) is 6.42 Å². The van der Waals surface area contributed by atoms with Gasteiger partial charge in [-0.05, 0) is 30.5 Å². The van der Waals surface area contributed by atoms with E-state index in [0.717, 1.165) is 25.6 Å². The third kappa shape index (κ3) is 3.45. The molecule has 7 heteroatoms. The summed E-state index contributed by atoms with van der Waals surface area (Å²) in [4.78, 5) is 17.3. The summed E-state index contributed by atoms with van der Waals surface area (Å²) in [5, 5.41) is 3.23. The van der Waals surface area contributed by atoms with Crippen LogP contribution in [0.5, 0.6) is 0 Å². The average molecular weight is 332 g/mol. The van der Waals surface area contributed by atoms with Crippen LogP contribution in [-0.4, -0.2) is 30.5 Å². The van der Waals surface area contributed by atoms with Crippen molar-refractivity contribution in [3.63, 3.8) is 0 Å². The largest absolute Gasteiger partial charge is 0.384 e. The van der Waals surface area contributed by atoms with Gasteiger partial charge in [-0.2, -0.15) is 0 Å². The number of carbonyl (C=O) groups excluding carboxylic acids is 1. The number of hydrogen-bond donors (Lipinski definition) is 2. The van der Waals surface area contributed by atoms with Crippen LogP contribution in [0.1, 0.15) is 16.8 Å². The summed E-state index contributed by atoms with van der Waals surface area (Å²) in [6.07, 6.45) is 3.95. The first-order chi connectivity index (χ1) is 11.5. The fourth-order valence-electron chi connectivity index (χ4n) is 2.91. The fraction of sp³-hybridized carbons (Fsp3) is 0.294. The van der Waals surface area contributed by atoms with E-state index in [1.54, 1.807) is 18.3 Å². The molecule has 126 valence electrons. The summed E-state index contributed by atoms with van der Waals surface area (Å²) in [6, 6.07) is 5.66. The number of primary amides is 1. The Kier molecular flexibility index (Phi) is 4.59. The molecule has 1 aromatic carbocycles. The van der Waals surface area contributed by atoms with Crippen molar-refractivity contribution < 1.29 is 13.6 Å². The first-order valence-electron chi connectivity index (χ1n) is 7.72. The van der Waals surface area contributed by atoms with Crippen molar-refractivity contribution in [1.29, 1.82) is 0 Å². The minimum absolute atomic E-state index is 0.326. The highest BCUT2D eigenvalue weighted by Crippen LogP contribution is 2.26. The predicted octanol–water partition coefficient (Wildman–Crippen LogP) is 2.40. The summed E-state index contributed by atoms with van der Waals surface area (Å²) in [7, 11) is 0. The second-order valence-electron chi connectivity index (χ2n) is 5.87. The molecule has 2 heterocycles. The third-order valence-corrected chi connectivity index (χ3v) is 4.22. The van der Waals surface area contributed by atoms with Gasteiger partial charge in [0, 0.05) is 43.8 Å². The van der Waals surface area contributed by atoms with E-state index in [4.69, 9.17) is 5.73 Å². The van der Waals surface area contributed by atoms with Gasteiger partial charge >= 0.3 is 0 Å². The Morgan fingerprint density at radius 1 is 1.33 bits per heavy atom. The molecule has 5 nitrogen and oxygen atoms in total. The van der Waals surface area contributed by atoms with Crippen LogP contribution in [0.25, 0.3) is 0 Å². The Balaban J connectivity index is 1.61. The second kappa shape index (κ2) is 6.82. The lowest BCUT2D eigenvalue weighted by atomic mass is 10.1. The zero-order valence-corrected chi connectivity index (χ0v) is 13.0. The summed E-state index contributed by atoms with van der Waals surface area (Å²) in [6.45, 7) is 2.16. The van der Waals surface area contributed by atoms with Crippen LogP contribution in [-0.2, 0) is 0 Å². The quantitative estimate of drug-likeness (QED) is 0.882. The average Bonchev–Trinajstić information content (AvgIpc) is 3.04. The smallest absolute Gasteiger partial charge is 0.252 e. The monoisotopic (exact) mass is 332 g/mol. The number of rotatable bonds is 5. The number of anilines is 2. The van der Waals surface area contributed by atoms with E-state index in [1.807, 2.05) is 4.90 Å². The van der Waals surface area contributed by atoms with Crippen molar-refractivity contribution in [2.24, 2.45) is 11.7 Å². The zero-order chi connectivity index (χ0) is 17.1. The Bertz CT molecular complexity index is 753. The number of aromatic nitrogens is 1. The number of carbonyl (C=O) groups is 1. The van der Waals surface area contributed by atoms with Gasteiger partial charge in [-0.1, -0.05) is 0 Å². The molecule has 0 aliphatic carbocycles. The van der Waals surface area contributed by atoms with E-state index in [-0.39, 0.29) is 0 Å². The lowest BCUT2D eigenvalue weighted by molar-refractivity contribution is 0.100. The molecule has 1 aromatic heterocycles. The minimum Gasteiger partial charge on any atom is -0.384 e. The number of nitrogens with zero attached hydrogens (tertiary/aromatic N) is 2. The lowest BCUT2D eigenvalue weighted by Gasteiger charge is -2.19. The molecule has 0 spiro atoms. The number of nitrogens with one attached hydrogen (secondary N) is 1. The van der Waals surface area contributed by atoms with Crippen molar-refractivity contribution in [1.82, 2.24) is 4.98 Å². The van der Waals surface area contributed by atoms with Gasteiger partial charge in [0.15, 0.2) is 11.6 Å². The highest BCUT2D eigenvalue weighted by Gasteiger charge is 2.23. The third-order valence-electron chi connectivity index (χ3n) is 4.22. The molecule has 1 aliphatic heterocycles. The second-order valence-corrected chi connectivity index (χ2v) is 5.87. The van der Waals surface area contributed by atoms with Crippen LogP contribution in [0.3, 0.4) is 0 Å². The molecule has 2 aromatic rings. The first-order valence-corrected chi connectivity index (χ1v) is 7.72. The molecule has 24 heavy (non-hydrogen) atoms. The molecule has 3 N–H and O–H groups in total. The molecule has 1 fully saturated rings. The maximum atomic E-state index is 13.4. The van der Waals surface area contributed by atoms with Gasteiger partial charge in [0.2, 0.25) is 0 Å². The summed E-state index contributed by atoms with van der Waals surface area (Å²) in [5.41, 5.74) is 7.02. The van der Waals surface area contributed by atoms with Crippen molar-refractivity contribution in [3.8, 4) is 0 Å². The van der Waals surface area contributed by atoms with Gasteiger partial charge in [-0.3, -0.25) is 9.78 Å². The Morgan fingerprint density at radius 3 is 2.92 bits per heavy atom. The van der Waals surface area contributed by atoms with E-state index in [9.17, 15) is 13.6 Å². The molecule has 1 amide bonds. The molecule has 0 saturated carbocycles. The Hall–Kier alpha value is -2.70. The van der Waals surface area contributed by atoms with Gasteiger partial charge < -0.3 is 16.0 Å². The number of hydrogen-bond acceptors (Lipinski definition) is 4. The SMILES string of the molecule is NC(=O)c1cnccc1NCC1CCN(c2ccc(F)c(F)c2)C1. The van der Waals surface area contributed by atoms with Crippen LogP contribution in [0, 0.1) is 17.6 Å². The topological polar surface area (TPSA) is 71.2 Å². The first kappa shape index (κ1) is 16.2. The summed E-state index contributed by atoms with van der Waals surface area (Å²) >= 11 is 0. The van der Waals surface area contributed by atoms with Crippen molar-refractivity contribution in [2.75, 3.05) is 29.9 Å². The van der Waals surface area contributed by atoms with Gasteiger partial charge in [-0.25, -0.2) is 8.78 Å². The normalized spacial score (nSPS) is 17.1. The number of nitrogens with two attached hydrogens (primary N) is 1.